The number of hydrogen-bond acceptors (Lipinski definition) is 8. The molecule has 0 N–H and O–H groups in total. The van der Waals surface area contributed by atoms with Crippen molar-refractivity contribution in [3.8, 4) is 11.4 Å². The minimum atomic E-state index is -0.415. The van der Waals surface area contributed by atoms with E-state index in [9.17, 15) is 10.1 Å². The maximum atomic E-state index is 11.0. The minimum absolute atomic E-state index is 0.0299. The highest BCUT2D eigenvalue weighted by Crippen LogP contribution is 2.29. The molecule has 4 rings (SSSR count). The van der Waals surface area contributed by atoms with Crippen LogP contribution in [0.1, 0.15) is 11.1 Å². The molecule has 0 bridgehead atoms. The van der Waals surface area contributed by atoms with E-state index in [2.05, 4.69) is 20.1 Å². The number of thiazole rings is 1. The van der Waals surface area contributed by atoms with Crippen LogP contribution < -0.4 is 4.90 Å². The third-order valence-electron chi connectivity index (χ3n) is 4.24. The summed E-state index contributed by atoms with van der Waals surface area (Å²) in [6.45, 7) is 1.90. The second-order valence-electron chi connectivity index (χ2n) is 5.87. The Bertz CT molecular complexity index is 926. The summed E-state index contributed by atoms with van der Waals surface area (Å²) in [5.74, 6) is 1.29. The summed E-state index contributed by atoms with van der Waals surface area (Å²) in [7, 11) is 1.86. The molecule has 3 aromatic rings. The monoisotopic (exact) mass is 372 g/mol. The predicted octanol–water partition coefficient (Wildman–Crippen LogP) is 2.42. The van der Waals surface area contributed by atoms with E-state index in [0.717, 1.165) is 5.01 Å². The largest absolute Gasteiger partial charge is 0.367 e. The minimum Gasteiger partial charge on any atom is -0.367 e. The van der Waals surface area contributed by atoms with Crippen LogP contribution in [0.3, 0.4) is 0 Å². The van der Waals surface area contributed by atoms with E-state index in [-0.39, 0.29) is 11.8 Å². The number of nitro benzene ring substituents is 1. The Balaban J connectivity index is 1.61. The molecule has 1 atom stereocenters. The van der Waals surface area contributed by atoms with Gasteiger partial charge in [-0.25, -0.2) is 4.98 Å². The fourth-order valence-corrected chi connectivity index (χ4v) is 3.66. The van der Waals surface area contributed by atoms with Crippen LogP contribution in [0.25, 0.3) is 11.4 Å². The summed E-state index contributed by atoms with van der Waals surface area (Å²) in [6, 6.07) is 6.40. The first kappa shape index (κ1) is 16.6. The molecule has 0 saturated carbocycles. The van der Waals surface area contributed by atoms with Crippen LogP contribution in [0, 0.1) is 10.1 Å². The van der Waals surface area contributed by atoms with Crippen LogP contribution >= 0.6 is 11.3 Å². The maximum absolute atomic E-state index is 11.0. The zero-order valence-electron chi connectivity index (χ0n) is 14.0. The van der Waals surface area contributed by atoms with Crippen molar-refractivity contribution in [2.24, 2.45) is 7.05 Å². The summed E-state index contributed by atoms with van der Waals surface area (Å²) in [6.07, 6.45) is 1.67. The van der Waals surface area contributed by atoms with E-state index in [1.54, 1.807) is 29.7 Å². The lowest BCUT2D eigenvalue weighted by Gasteiger charge is -2.32. The summed E-state index contributed by atoms with van der Waals surface area (Å²) in [5, 5.41) is 22.4. The Hall–Kier alpha value is -2.85. The van der Waals surface area contributed by atoms with E-state index in [1.165, 1.54) is 12.1 Å². The molecule has 1 aliphatic rings. The van der Waals surface area contributed by atoms with Gasteiger partial charge in [0.2, 0.25) is 5.95 Å². The zero-order chi connectivity index (χ0) is 18.1. The second kappa shape index (κ2) is 6.81. The first-order valence-corrected chi connectivity index (χ1v) is 8.91. The van der Waals surface area contributed by atoms with Crippen molar-refractivity contribution in [1.29, 1.82) is 0 Å². The molecule has 2 aromatic heterocycles. The quantitative estimate of drug-likeness (QED) is 0.512. The second-order valence-corrected chi connectivity index (χ2v) is 6.79. The molecule has 0 unspecified atom stereocenters. The number of hydrogen-bond donors (Lipinski definition) is 0. The highest BCUT2D eigenvalue weighted by atomic mass is 32.1. The average Bonchev–Trinajstić information content (AvgIpc) is 3.32. The molecule has 0 radical (unpaired) electrons. The van der Waals surface area contributed by atoms with E-state index >= 15 is 0 Å². The molecular formula is C16H16N6O3S. The number of ether oxygens (including phenoxy) is 1. The van der Waals surface area contributed by atoms with Gasteiger partial charge in [0.1, 0.15) is 11.1 Å². The SMILES string of the molecule is Cn1c(-c2cccc([N+](=O)[O-])c2)nnc1N1CCO[C@@H](c2nccs2)C1. The maximum Gasteiger partial charge on any atom is 0.270 e. The first-order chi connectivity index (χ1) is 12.6. The number of benzene rings is 1. The van der Waals surface area contributed by atoms with Crippen molar-refractivity contribution in [2.75, 3.05) is 24.6 Å². The van der Waals surface area contributed by atoms with Gasteiger partial charge < -0.3 is 9.64 Å². The fraction of sp³-hybridized carbons (Fsp3) is 0.312. The summed E-state index contributed by atoms with van der Waals surface area (Å²) < 4.78 is 7.67. The third-order valence-corrected chi connectivity index (χ3v) is 5.11. The lowest BCUT2D eigenvalue weighted by atomic mass is 10.2. The first-order valence-electron chi connectivity index (χ1n) is 8.03. The highest BCUT2D eigenvalue weighted by Gasteiger charge is 2.27. The van der Waals surface area contributed by atoms with Crippen molar-refractivity contribution >= 4 is 23.0 Å². The van der Waals surface area contributed by atoms with Crippen molar-refractivity contribution in [2.45, 2.75) is 6.10 Å². The molecule has 1 aromatic carbocycles. The van der Waals surface area contributed by atoms with Crippen LogP contribution in [0.2, 0.25) is 0 Å². The third kappa shape index (κ3) is 3.04. The number of aromatic nitrogens is 4. The summed E-state index contributed by atoms with van der Waals surface area (Å²) >= 11 is 1.57. The molecule has 134 valence electrons. The molecule has 0 amide bonds. The Kier molecular flexibility index (Phi) is 4.35. The number of anilines is 1. The van der Waals surface area contributed by atoms with Crippen molar-refractivity contribution in [1.82, 2.24) is 19.7 Å². The number of morpholine rings is 1. The normalized spacial score (nSPS) is 17.4. The topological polar surface area (TPSA) is 99.2 Å². The lowest BCUT2D eigenvalue weighted by molar-refractivity contribution is -0.384. The molecule has 10 heteroatoms. The van der Waals surface area contributed by atoms with Gasteiger partial charge in [0.25, 0.3) is 5.69 Å². The van der Waals surface area contributed by atoms with E-state index in [4.69, 9.17) is 4.74 Å². The highest BCUT2D eigenvalue weighted by molar-refractivity contribution is 7.09. The predicted molar refractivity (Wildman–Crippen MR) is 96.1 cm³/mol. The average molecular weight is 372 g/mol. The van der Waals surface area contributed by atoms with Gasteiger partial charge in [-0.3, -0.25) is 14.7 Å². The molecule has 0 spiro atoms. The summed E-state index contributed by atoms with van der Waals surface area (Å²) in [4.78, 5) is 17.0. The molecule has 1 fully saturated rings. The Morgan fingerprint density at radius 3 is 3.04 bits per heavy atom. The van der Waals surface area contributed by atoms with Crippen LogP contribution in [0.5, 0.6) is 0 Å². The standard InChI is InChI=1S/C16H16N6O3S/c1-20-14(11-3-2-4-12(9-11)22(23)24)18-19-16(20)21-6-7-25-13(10-21)15-17-5-8-26-15/h2-5,8-9,13H,6-7,10H2,1H3/t13-/m1/s1. The van der Waals surface area contributed by atoms with E-state index in [1.807, 2.05) is 17.0 Å². The van der Waals surface area contributed by atoms with Gasteiger partial charge in [-0.1, -0.05) is 12.1 Å². The van der Waals surface area contributed by atoms with Crippen LogP contribution in [0.4, 0.5) is 11.6 Å². The van der Waals surface area contributed by atoms with Gasteiger partial charge in [0, 0.05) is 42.9 Å². The van der Waals surface area contributed by atoms with Crippen LogP contribution in [0.15, 0.2) is 35.8 Å². The van der Waals surface area contributed by atoms with Gasteiger partial charge in [-0.05, 0) is 0 Å². The Morgan fingerprint density at radius 1 is 1.38 bits per heavy atom. The zero-order valence-corrected chi connectivity index (χ0v) is 14.8. The Labute approximate surface area is 153 Å². The van der Waals surface area contributed by atoms with Crippen molar-refractivity contribution < 1.29 is 9.66 Å². The number of non-ortho nitro benzene ring substituents is 1. The number of nitro groups is 1. The van der Waals surface area contributed by atoms with Gasteiger partial charge in [-0.15, -0.1) is 21.5 Å². The number of nitrogens with zero attached hydrogens (tertiary/aromatic N) is 6. The van der Waals surface area contributed by atoms with Gasteiger partial charge in [0.05, 0.1) is 18.1 Å². The Morgan fingerprint density at radius 2 is 2.27 bits per heavy atom. The van der Waals surface area contributed by atoms with Gasteiger partial charge >= 0.3 is 0 Å². The fourth-order valence-electron chi connectivity index (χ4n) is 2.98. The van der Waals surface area contributed by atoms with Crippen molar-refractivity contribution in [3.05, 3.63) is 51.0 Å². The molecule has 1 saturated heterocycles. The van der Waals surface area contributed by atoms with Gasteiger partial charge in [-0.2, -0.15) is 0 Å². The lowest BCUT2D eigenvalue weighted by Crippen LogP contribution is -2.39. The van der Waals surface area contributed by atoms with Gasteiger partial charge in [0.15, 0.2) is 5.82 Å². The molecular weight excluding hydrogens is 356 g/mol. The summed E-state index contributed by atoms with van der Waals surface area (Å²) in [5.41, 5.74) is 0.687. The smallest absolute Gasteiger partial charge is 0.270 e. The van der Waals surface area contributed by atoms with Crippen LogP contribution in [-0.2, 0) is 11.8 Å². The molecule has 9 nitrogen and oxygen atoms in total. The molecule has 3 heterocycles. The van der Waals surface area contributed by atoms with E-state index < -0.39 is 4.92 Å². The van der Waals surface area contributed by atoms with E-state index in [0.29, 0.717) is 37.0 Å². The molecule has 26 heavy (non-hydrogen) atoms. The number of rotatable bonds is 4. The van der Waals surface area contributed by atoms with Crippen molar-refractivity contribution in [3.63, 3.8) is 0 Å². The van der Waals surface area contributed by atoms with Crippen LogP contribution in [-0.4, -0.2) is 44.4 Å². The molecule has 1 aliphatic heterocycles. The molecule has 0 aliphatic carbocycles.